The Morgan fingerprint density at radius 1 is 0.828 bits per heavy atom. The van der Waals surface area contributed by atoms with E-state index in [1.165, 1.54) is 11.1 Å². The Morgan fingerprint density at radius 3 is 1.86 bits per heavy atom. The zero-order chi connectivity index (χ0) is 20.1. The van der Waals surface area contributed by atoms with E-state index in [1.807, 2.05) is 43.3 Å². The molecule has 0 bridgehead atoms. The SMILES string of the molecule is Cc1ccc(C(=O)NN=C2CC(c3ccccc3)NC(c3ccccc3)C2)cc1. The highest BCUT2D eigenvalue weighted by atomic mass is 16.2. The lowest BCUT2D eigenvalue weighted by atomic mass is 9.89. The van der Waals surface area contributed by atoms with Gasteiger partial charge in [0.2, 0.25) is 0 Å². The van der Waals surface area contributed by atoms with Crippen LogP contribution in [0.4, 0.5) is 0 Å². The maximum Gasteiger partial charge on any atom is 0.271 e. The van der Waals surface area contributed by atoms with Gasteiger partial charge in [0.1, 0.15) is 0 Å². The van der Waals surface area contributed by atoms with E-state index in [0.717, 1.165) is 24.1 Å². The number of nitrogens with zero attached hydrogens (tertiary/aromatic N) is 1. The van der Waals surface area contributed by atoms with Gasteiger partial charge in [0.05, 0.1) is 0 Å². The molecule has 0 aromatic heterocycles. The normalized spacial score (nSPS) is 18.9. The van der Waals surface area contributed by atoms with Gasteiger partial charge in [-0.3, -0.25) is 4.79 Å². The fourth-order valence-electron chi connectivity index (χ4n) is 3.70. The first-order valence-corrected chi connectivity index (χ1v) is 9.97. The van der Waals surface area contributed by atoms with Crippen LogP contribution in [0, 0.1) is 6.92 Å². The van der Waals surface area contributed by atoms with E-state index in [2.05, 4.69) is 64.4 Å². The van der Waals surface area contributed by atoms with Gasteiger partial charge in [-0.15, -0.1) is 0 Å². The van der Waals surface area contributed by atoms with Crippen molar-refractivity contribution in [2.75, 3.05) is 0 Å². The lowest BCUT2D eigenvalue weighted by molar-refractivity contribution is 0.0954. The molecule has 1 fully saturated rings. The molecule has 0 aliphatic carbocycles. The molecule has 4 heteroatoms. The van der Waals surface area contributed by atoms with Crippen molar-refractivity contribution in [3.8, 4) is 0 Å². The second-order valence-corrected chi connectivity index (χ2v) is 7.49. The predicted molar refractivity (Wildman–Crippen MR) is 117 cm³/mol. The molecule has 1 saturated heterocycles. The molecule has 2 N–H and O–H groups in total. The molecule has 2 atom stereocenters. The number of carbonyl (C=O) groups excluding carboxylic acids is 1. The summed E-state index contributed by atoms with van der Waals surface area (Å²) in [7, 11) is 0. The van der Waals surface area contributed by atoms with Gasteiger partial charge in [0, 0.05) is 36.2 Å². The average Bonchev–Trinajstić information content (AvgIpc) is 2.79. The smallest absolute Gasteiger partial charge is 0.271 e. The molecule has 3 aromatic rings. The zero-order valence-electron chi connectivity index (χ0n) is 16.5. The first-order valence-electron chi connectivity index (χ1n) is 9.97. The van der Waals surface area contributed by atoms with Crippen molar-refractivity contribution < 1.29 is 4.79 Å². The molecule has 1 amide bonds. The van der Waals surface area contributed by atoms with Gasteiger partial charge in [-0.1, -0.05) is 78.4 Å². The van der Waals surface area contributed by atoms with Crippen LogP contribution in [0.25, 0.3) is 0 Å². The number of carbonyl (C=O) groups is 1. The molecule has 2 unspecified atom stereocenters. The number of hydrogen-bond acceptors (Lipinski definition) is 3. The first kappa shape index (κ1) is 19.1. The monoisotopic (exact) mass is 383 g/mol. The molecule has 4 rings (SSSR count). The summed E-state index contributed by atoms with van der Waals surface area (Å²) in [4.78, 5) is 12.5. The number of hydrazone groups is 1. The molecule has 1 aliphatic heterocycles. The molecule has 1 aliphatic rings. The van der Waals surface area contributed by atoms with Crippen molar-refractivity contribution in [1.29, 1.82) is 0 Å². The van der Waals surface area contributed by atoms with Crippen molar-refractivity contribution in [3.63, 3.8) is 0 Å². The van der Waals surface area contributed by atoms with Gasteiger partial charge in [-0.2, -0.15) is 5.10 Å². The van der Waals surface area contributed by atoms with Crippen LogP contribution in [0.3, 0.4) is 0 Å². The summed E-state index contributed by atoms with van der Waals surface area (Å²) in [5, 5.41) is 8.26. The molecular weight excluding hydrogens is 358 g/mol. The van der Waals surface area contributed by atoms with Crippen molar-refractivity contribution in [2.24, 2.45) is 5.10 Å². The topological polar surface area (TPSA) is 53.5 Å². The second kappa shape index (κ2) is 8.84. The summed E-state index contributed by atoms with van der Waals surface area (Å²) in [5.41, 5.74) is 7.95. The Bertz CT molecular complexity index is 932. The number of aryl methyl sites for hydroxylation is 1. The van der Waals surface area contributed by atoms with Gasteiger partial charge in [0.25, 0.3) is 5.91 Å². The van der Waals surface area contributed by atoms with E-state index in [-0.39, 0.29) is 18.0 Å². The number of amides is 1. The maximum absolute atomic E-state index is 12.5. The summed E-state index contributed by atoms with van der Waals surface area (Å²) < 4.78 is 0. The third kappa shape index (κ3) is 4.79. The summed E-state index contributed by atoms with van der Waals surface area (Å²) in [6.45, 7) is 2.00. The van der Waals surface area contributed by atoms with Crippen LogP contribution in [-0.4, -0.2) is 11.6 Å². The largest absolute Gasteiger partial charge is 0.302 e. The van der Waals surface area contributed by atoms with E-state index < -0.39 is 0 Å². The quantitative estimate of drug-likeness (QED) is 0.627. The minimum atomic E-state index is -0.177. The zero-order valence-corrected chi connectivity index (χ0v) is 16.5. The van der Waals surface area contributed by atoms with Gasteiger partial charge < -0.3 is 5.32 Å². The molecule has 146 valence electrons. The lowest BCUT2D eigenvalue weighted by Crippen LogP contribution is -2.36. The lowest BCUT2D eigenvalue weighted by Gasteiger charge is -2.32. The van der Waals surface area contributed by atoms with E-state index in [4.69, 9.17) is 0 Å². The molecule has 0 radical (unpaired) electrons. The first-order chi connectivity index (χ1) is 14.2. The predicted octanol–water partition coefficient (Wildman–Crippen LogP) is 4.95. The Balaban J connectivity index is 1.55. The van der Waals surface area contributed by atoms with E-state index in [1.54, 1.807) is 0 Å². The van der Waals surface area contributed by atoms with E-state index in [9.17, 15) is 4.79 Å². The summed E-state index contributed by atoms with van der Waals surface area (Å²) in [6, 6.07) is 28.6. The third-order valence-electron chi connectivity index (χ3n) is 5.32. The van der Waals surface area contributed by atoms with Crippen LogP contribution < -0.4 is 10.7 Å². The molecule has 4 nitrogen and oxygen atoms in total. The summed E-state index contributed by atoms with van der Waals surface area (Å²) in [5.74, 6) is -0.177. The minimum Gasteiger partial charge on any atom is -0.302 e. The van der Waals surface area contributed by atoms with Crippen molar-refractivity contribution in [3.05, 3.63) is 107 Å². The molecule has 3 aromatic carbocycles. The fourth-order valence-corrected chi connectivity index (χ4v) is 3.70. The average molecular weight is 383 g/mol. The Hall–Kier alpha value is -3.24. The van der Waals surface area contributed by atoms with Crippen LogP contribution in [0.1, 0.15) is 52.0 Å². The molecule has 1 heterocycles. The number of rotatable bonds is 4. The second-order valence-electron chi connectivity index (χ2n) is 7.49. The summed E-state index contributed by atoms with van der Waals surface area (Å²) in [6.07, 6.45) is 1.53. The number of piperidine rings is 1. The molecule has 29 heavy (non-hydrogen) atoms. The van der Waals surface area contributed by atoms with Crippen LogP contribution in [0.5, 0.6) is 0 Å². The van der Waals surface area contributed by atoms with E-state index in [0.29, 0.717) is 5.56 Å². The highest BCUT2D eigenvalue weighted by molar-refractivity contribution is 5.95. The van der Waals surface area contributed by atoms with Gasteiger partial charge >= 0.3 is 0 Å². The number of nitrogens with one attached hydrogen (secondary N) is 2. The fraction of sp³-hybridized carbons (Fsp3) is 0.200. The molecule has 0 spiro atoms. The van der Waals surface area contributed by atoms with Gasteiger partial charge in [-0.25, -0.2) is 5.43 Å². The van der Waals surface area contributed by atoms with Crippen LogP contribution in [0.15, 0.2) is 90.0 Å². The third-order valence-corrected chi connectivity index (χ3v) is 5.32. The molecular formula is C25H25N3O. The highest BCUT2D eigenvalue weighted by Crippen LogP contribution is 2.31. The van der Waals surface area contributed by atoms with Crippen molar-refractivity contribution in [1.82, 2.24) is 10.7 Å². The number of hydrogen-bond donors (Lipinski definition) is 2. The Morgan fingerprint density at radius 2 is 1.34 bits per heavy atom. The highest BCUT2D eigenvalue weighted by Gasteiger charge is 2.27. The van der Waals surface area contributed by atoms with E-state index >= 15 is 0 Å². The minimum absolute atomic E-state index is 0.158. The van der Waals surface area contributed by atoms with Crippen molar-refractivity contribution >= 4 is 11.6 Å². The van der Waals surface area contributed by atoms with Crippen molar-refractivity contribution in [2.45, 2.75) is 31.8 Å². The van der Waals surface area contributed by atoms with Crippen LogP contribution in [0.2, 0.25) is 0 Å². The van der Waals surface area contributed by atoms with Crippen LogP contribution >= 0.6 is 0 Å². The van der Waals surface area contributed by atoms with Crippen LogP contribution in [-0.2, 0) is 0 Å². The van der Waals surface area contributed by atoms with Gasteiger partial charge in [0.15, 0.2) is 0 Å². The number of benzene rings is 3. The van der Waals surface area contributed by atoms with Gasteiger partial charge in [-0.05, 0) is 30.2 Å². The standard InChI is InChI=1S/C25H25N3O/c1-18-12-14-21(15-13-18)25(29)28-27-22-16-23(19-8-4-2-5-9-19)26-24(17-22)20-10-6-3-7-11-20/h2-15,23-24,26H,16-17H2,1H3,(H,28,29). The Kier molecular flexibility index (Phi) is 5.82. The maximum atomic E-state index is 12.5. The summed E-state index contributed by atoms with van der Waals surface area (Å²) >= 11 is 0. The Labute approximate surface area is 171 Å². The molecule has 0 saturated carbocycles.